The van der Waals surface area contributed by atoms with Crippen LogP contribution in [0.15, 0.2) is 0 Å². The first-order valence-corrected chi connectivity index (χ1v) is 5.19. The topological polar surface area (TPSA) is 43.4 Å². The quantitative estimate of drug-likeness (QED) is 0.625. The van der Waals surface area contributed by atoms with E-state index in [0.717, 1.165) is 12.8 Å². The molecule has 0 spiro atoms. The van der Waals surface area contributed by atoms with Gasteiger partial charge in [0.2, 0.25) is 0 Å². The van der Waals surface area contributed by atoms with Crippen molar-refractivity contribution in [2.45, 2.75) is 31.8 Å². The Morgan fingerprint density at radius 2 is 2.00 bits per heavy atom. The van der Waals surface area contributed by atoms with E-state index in [0.29, 0.717) is 18.6 Å². The molecular weight excluding hydrogens is 164 g/mol. The summed E-state index contributed by atoms with van der Waals surface area (Å²) in [6, 6.07) is 0. The van der Waals surface area contributed by atoms with Gasteiger partial charge in [0.15, 0.2) is 11.1 Å². The highest BCUT2D eigenvalue weighted by molar-refractivity contribution is 7.79. The summed E-state index contributed by atoms with van der Waals surface area (Å²) in [4.78, 5) is 10.8. The van der Waals surface area contributed by atoms with Crippen molar-refractivity contribution in [3.05, 3.63) is 0 Å². The van der Waals surface area contributed by atoms with E-state index < -0.39 is 11.1 Å². The van der Waals surface area contributed by atoms with Gasteiger partial charge >= 0.3 is 0 Å². The van der Waals surface area contributed by atoms with Crippen molar-refractivity contribution in [2.24, 2.45) is 0 Å². The zero-order valence-electron chi connectivity index (χ0n) is 6.54. The third-order valence-corrected chi connectivity index (χ3v) is 2.31. The maximum atomic E-state index is 10.8. The average Bonchev–Trinajstić information content (AvgIpc) is 1.93. The average molecular weight is 176 g/mol. The largest absolute Gasteiger partial charge is 0.300 e. The highest BCUT2D eigenvalue weighted by Crippen LogP contribution is 2.18. The lowest BCUT2D eigenvalue weighted by atomic mass is 9.97. The number of carbonyl (C=O) groups is 1. The van der Waals surface area contributed by atoms with Crippen LogP contribution in [0.25, 0.3) is 0 Å². The molecule has 0 radical (unpaired) electrons. The first-order chi connectivity index (χ1) is 5.18. The van der Waals surface area contributed by atoms with Gasteiger partial charge in [-0.3, -0.25) is 8.98 Å². The van der Waals surface area contributed by atoms with Gasteiger partial charge in [-0.05, 0) is 12.8 Å². The fourth-order valence-electron chi connectivity index (χ4n) is 1.20. The monoisotopic (exact) mass is 176 g/mol. The lowest BCUT2D eigenvalue weighted by molar-refractivity contribution is -0.121. The maximum absolute atomic E-state index is 10.8. The molecule has 1 saturated carbocycles. The molecule has 0 amide bonds. The summed E-state index contributed by atoms with van der Waals surface area (Å²) >= 11 is -1.19. The molecule has 0 bridgehead atoms. The number of ketones is 1. The van der Waals surface area contributed by atoms with Crippen LogP contribution in [0.3, 0.4) is 0 Å². The minimum atomic E-state index is -1.19. The molecule has 0 N–H and O–H groups in total. The Hall–Kier alpha value is -0.220. The molecule has 1 aliphatic rings. The first-order valence-electron chi connectivity index (χ1n) is 3.71. The van der Waals surface area contributed by atoms with Crippen molar-refractivity contribution >= 4 is 16.9 Å². The highest BCUT2D eigenvalue weighted by atomic mass is 32.2. The summed E-state index contributed by atoms with van der Waals surface area (Å²) in [5.41, 5.74) is 0. The summed E-state index contributed by atoms with van der Waals surface area (Å²) in [5, 5.41) is 0. The maximum Gasteiger partial charge on any atom is 0.152 e. The molecule has 0 aromatic heterocycles. The van der Waals surface area contributed by atoms with Crippen molar-refractivity contribution in [1.29, 1.82) is 0 Å². The van der Waals surface area contributed by atoms with Gasteiger partial charge in [-0.15, -0.1) is 0 Å². The van der Waals surface area contributed by atoms with Crippen LogP contribution in [0.2, 0.25) is 0 Å². The van der Waals surface area contributed by atoms with Gasteiger partial charge in [-0.2, -0.15) is 0 Å². The second kappa shape index (κ2) is 3.97. The van der Waals surface area contributed by atoms with Crippen LogP contribution in [-0.2, 0) is 20.1 Å². The SMILES string of the molecule is CS(=O)OC1CCC(=O)CC1. The van der Waals surface area contributed by atoms with E-state index in [9.17, 15) is 9.00 Å². The fourth-order valence-corrected chi connectivity index (χ4v) is 1.78. The normalized spacial score (nSPS) is 23.5. The van der Waals surface area contributed by atoms with Crippen LogP contribution in [0.1, 0.15) is 25.7 Å². The molecule has 11 heavy (non-hydrogen) atoms. The first kappa shape index (κ1) is 8.87. The number of carbonyl (C=O) groups excluding carboxylic acids is 1. The van der Waals surface area contributed by atoms with Crippen LogP contribution >= 0.6 is 0 Å². The number of Topliss-reactive ketones (excluding diaryl/α,β-unsaturated/α-hetero) is 1. The zero-order chi connectivity index (χ0) is 8.27. The molecule has 0 aromatic rings. The van der Waals surface area contributed by atoms with Gasteiger partial charge in [-0.1, -0.05) is 0 Å². The predicted molar refractivity (Wildman–Crippen MR) is 42.4 cm³/mol. The van der Waals surface area contributed by atoms with Crippen LogP contribution in [0.5, 0.6) is 0 Å². The van der Waals surface area contributed by atoms with Crippen LogP contribution in [-0.4, -0.2) is 22.4 Å². The van der Waals surface area contributed by atoms with E-state index in [4.69, 9.17) is 4.18 Å². The second-order valence-corrected chi connectivity index (χ2v) is 3.73. The molecule has 1 rings (SSSR count). The third-order valence-electron chi connectivity index (χ3n) is 1.76. The summed E-state index contributed by atoms with van der Waals surface area (Å²) < 4.78 is 15.7. The Balaban J connectivity index is 2.28. The van der Waals surface area contributed by atoms with Gasteiger partial charge in [0.05, 0.1) is 6.10 Å². The highest BCUT2D eigenvalue weighted by Gasteiger charge is 2.19. The van der Waals surface area contributed by atoms with Crippen LogP contribution in [0.4, 0.5) is 0 Å². The molecule has 0 aromatic carbocycles. The van der Waals surface area contributed by atoms with E-state index in [1.807, 2.05) is 0 Å². The van der Waals surface area contributed by atoms with Crippen LogP contribution in [0, 0.1) is 0 Å². The third kappa shape index (κ3) is 3.12. The minimum Gasteiger partial charge on any atom is -0.300 e. The molecule has 0 heterocycles. The molecule has 0 aliphatic heterocycles. The van der Waals surface area contributed by atoms with Crippen LogP contribution < -0.4 is 0 Å². The lowest BCUT2D eigenvalue weighted by Crippen LogP contribution is -2.21. The van der Waals surface area contributed by atoms with Crippen molar-refractivity contribution in [3.8, 4) is 0 Å². The van der Waals surface area contributed by atoms with Gasteiger partial charge in [-0.25, -0.2) is 4.21 Å². The Labute approximate surface area is 68.8 Å². The van der Waals surface area contributed by atoms with Crippen molar-refractivity contribution in [2.75, 3.05) is 6.26 Å². The Kier molecular flexibility index (Phi) is 3.20. The molecule has 64 valence electrons. The lowest BCUT2D eigenvalue weighted by Gasteiger charge is -2.18. The molecule has 0 saturated heterocycles. The smallest absolute Gasteiger partial charge is 0.152 e. The minimum absolute atomic E-state index is 0.0403. The van der Waals surface area contributed by atoms with E-state index >= 15 is 0 Å². The Bertz CT molecular complexity index is 169. The second-order valence-electron chi connectivity index (χ2n) is 2.74. The van der Waals surface area contributed by atoms with E-state index in [-0.39, 0.29) is 6.10 Å². The van der Waals surface area contributed by atoms with Crippen molar-refractivity contribution in [3.63, 3.8) is 0 Å². The van der Waals surface area contributed by atoms with Gasteiger partial charge < -0.3 is 0 Å². The van der Waals surface area contributed by atoms with E-state index in [2.05, 4.69) is 0 Å². The molecule has 4 heteroatoms. The van der Waals surface area contributed by atoms with Gasteiger partial charge in [0.25, 0.3) is 0 Å². The van der Waals surface area contributed by atoms with Gasteiger partial charge in [0.1, 0.15) is 5.78 Å². The molecule has 1 atom stereocenters. The zero-order valence-corrected chi connectivity index (χ0v) is 7.36. The molecule has 3 nitrogen and oxygen atoms in total. The number of rotatable bonds is 2. The molecular formula is C7H12O3S. The van der Waals surface area contributed by atoms with Gasteiger partial charge in [0, 0.05) is 19.1 Å². The molecule has 1 fully saturated rings. The number of hydrogen-bond donors (Lipinski definition) is 0. The standard InChI is InChI=1S/C7H12O3S/c1-11(9)10-7-4-2-6(8)3-5-7/h7H,2-5H2,1H3. The summed E-state index contributed by atoms with van der Waals surface area (Å²) in [6.07, 6.45) is 4.19. The van der Waals surface area contributed by atoms with Crippen molar-refractivity contribution in [1.82, 2.24) is 0 Å². The molecule has 1 unspecified atom stereocenters. The Morgan fingerprint density at radius 3 is 2.45 bits per heavy atom. The van der Waals surface area contributed by atoms with E-state index in [1.165, 1.54) is 6.26 Å². The summed E-state index contributed by atoms with van der Waals surface area (Å²) in [6.45, 7) is 0. The number of hydrogen-bond acceptors (Lipinski definition) is 3. The predicted octanol–water partition coefficient (Wildman–Crippen LogP) is 0.808. The van der Waals surface area contributed by atoms with Crippen molar-refractivity contribution < 1.29 is 13.2 Å². The summed E-state index contributed by atoms with van der Waals surface area (Å²) in [7, 11) is 0. The van der Waals surface area contributed by atoms with E-state index in [1.54, 1.807) is 0 Å². The Morgan fingerprint density at radius 1 is 1.45 bits per heavy atom. The fraction of sp³-hybridized carbons (Fsp3) is 0.857. The summed E-state index contributed by atoms with van der Waals surface area (Å²) in [5.74, 6) is 0.298. The molecule has 1 aliphatic carbocycles.